The minimum atomic E-state index is -0.505. The highest BCUT2D eigenvalue weighted by atomic mass is 32.1. The molecular formula is C36H32F2N2O2S2. The molecule has 5 aromatic rings. The van der Waals surface area contributed by atoms with Crippen molar-refractivity contribution in [3.63, 3.8) is 0 Å². The normalized spacial score (nSPS) is 16.4. The lowest BCUT2D eigenvalue weighted by atomic mass is 9.81. The molecule has 0 fully saturated rings. The molecule has 224 valence electrons. The van der Waals surface area contributed by atoms with Crippen molar-refractivity contribution >= 4 is 89.3 Å². The van der Waals surface area contributed by atoms with Gasteiger partial charge in [-0.1, -0.05) is 76.1 Å². The zero-order valence-electron chi connectivity index (χ0n) is 25.1. The topological polar surface area (TPSA) is 40.6 Å². The number of fused-ring (bicyclic) bond motifs is 2. The van der Waals surface area contributed by atoms with Crippen molar-refractivity contribution in [2.24, 2.45) is 0 Å². The number of hydrogen-bond donors (Lipinski definition) is 0. The van der Waals surface area contributed by atoms with E-state index in [0.29, 0.717) is 64.5 Å². The number of amides is 2. The van der Waals surface area contributed by atoms with Crippen LogP contribution >= 0.6 is 24.4 Å². The molecule has 0 saturated heterocycles. The number of halogens is 2. The lowest BCUT2D eigenvalue weighted by Gasteiger charge is -2.36. The number of benzene rings is 5. The van der Waals surface area contributed by atoms with Crippen molar-refractivity contribution in [2.45, 2.75) is 78.3 Å². The molecule has 0 N–H and O–H groups in total. The summed E-state index contributed by atoms with van der Waals surface area (Å²) >= 11 is 11.7. The monoisotopic (exact) mass is 626 g/mol. The molecule has 2 aliphatic heterocycles. The van der Waals surface area contributed by atoms with Crippen molar-refractivity contribution in [3.8, 4) is 0 Å². The average molecular weight is 627 g/mol. The molecule has 0 radical (unpaired) electrons. The van der Waals surface area contributed by atoms with Gasteiger partial charge in [0.05, 0.1) is 0 Å². The molecule has 0 bridgehead atoms. The van der Waals surface area contributed by atoms with E-state index < -0.39 is 11.6 Å². The van der Waals surface area contributed by atoms with E-state index in [9.17, 15) is 9.59 Å². The summed E-state index contributed by atoms with van der Waals surface area (Å²) in [6.45, 7) is 8.12. The molecule has 2 atom stereocenters. The summed E-state index contributed by atoms with van der Waals surface area (Å²) < 4.78 is 32.9. The van der Waals surface area contributed by atoms with Gasteiger partial charge < -0.3 is 0 Å². The Morgan fingerprint density at radius 3 is 1.36 bits per heavy atom. The summed E-state index contributed by atoms with van der Waals surface area (Å²) in [4.78, 5) is 31.6. The van der Waals surface area contributed by atoms with Crippen LogP contribution < -0.4 is 0 Å². The summed E-state index contributed by atoms with van der Waals surface area (Å²) in [6, 6.07) is 9.39. The number of nitrogens with zero attached hydrogens (tertiary/aromatic N) is 2. The number of carbonyl (C=O) groups excluding carboxylic acids is 2. The van der Waals surface area contributed by atoms with E-state index in [4.69, 9.17) is 24.4 Å². The van der Waals surface area contributed by atoms with Crippen molar-refractivity contribution in [2.75, 3.05) is 0 Å². The van der Waals surface area contributed by atoms with Gasteiger partial charge in [-0.3, -0.25) is 19.4 Å². The van der Waals surface area contributed by atoms with Crippen LogP contribution in [0.25, 0.3) is 43.1 Å². The Balaban J connectivity index is 1.54. The second kappa shape index (κ2) is 10.5. The fourth-order valence-corrected chi connectivity index (χ4v) is 8.31. The van der Waals surface area contributed by atoms with Gasteiger partial charge >= 0.3 is 0 Å². The summed E-state index contributed by atoms with van der Waals surface area (Å²) in [6.07, 6.45) is 5.40. The third-order valence-corrected chi connectivity index (χ3v) is 10.5. The Labute approximate surface area is 265 Å². The van der Waals surface area contributed by atoms with Gasteiger partial charge in [0.25, 0.3) is 11.8 Å². The first kappa shape index (κ1) is 29.1. The van der Waals surface area contributed by atoms with Gasteiger partial charge in [-0.15, -0.1) is 0 Å². The second-order valence-electron chi connectivity index (χ2n) is 12.3. The standard InChI is InChI=1S/C36H32F2N2O2S2/c1-5-7-9-17(3)39-33(41)21-13-11-19-30-26(38)16-24-28-22(34(42)40(36(24)44)18(4)10-8-6-2)14-12-20(32(28)30)29-25(37)15-23(35(39)43)27(21)31(19)29/h11-18H,5-10H2,1-4H3. The Kier molecular flexibility index (Phi) is 6.94. The first-order chi connectivity index (χ1) is 21.1. The summed E-state index contributed by atoms with van der Waals surface area (Å²) in [5.41, 5.74) is 1.80. The van der Waals surface area contributed by atoms with Crippen LogP contribution in [0.1, 0.15) is 98.1 Å². The van der Waals surface area contributed by atoms with Crippen LogP contribution in [0.3, 0.4) is 0 Å². The molecule has 4 nitrogen and oxygen atoms in total. The highest BCUT2D eigenvalue weighted by molar-refractivity contribution is 7.81. The van der Waals surface area contributed by atoms with Crippen LogP contribution in [0.5, 0.6) is 0 Å². The molecule has 0 aliphatic carbocycles. The van der Waals surface area contributed by atoms with Crippen LogP contribution in [0.2, 0.25) is 0 Å². The van der Waals surface area contributed by atoms with Gasteiger partial charge in [0.2, 0.25) is 0 Å². The summed E-state index contributed by atoms with van der Waals surface area (Å²) in [7, 11) is 0. The Hall–Kier alpha value is -3.62. The third kappa shape index (κ3) is 3.83. The Morgan fingerprint density at radius 1 is 0.614 bits per heavy atom. The minimum Gasteiger partial charge on any atom is -0.296 e. The summed E-state index contributed by atoms with van der Waals surface area (Å²) in [5, 5.41) is 3.59. The zero-order valence-corrected chi connectivity index (χ0v) is 26.8. The van der Waals surface area contributed by atoms with Crippen LogP contribution in [0, 0.1) is 11.6 Å². The molecule has 5 aromatic carbocycles. The van der Waals surface area contributed by atoms with E-state index in [1.807, 2.05) is 13.8 Å². The van der Waals surface area contributed by atoms with Gasteiger partial charge in [0.15, 0.2) is 0 Å². The molecule has 0 saturated carbocycles. The Bertz CT molecular complexity index is 1960. The molecule has 44 heavy (non-hydrogen) atoms. The lowest BCUT2D eigenvalue weighted by Crippen LogP contribution is -2.45. The van der Waals surface area contributed by atoms with Crippen LogP contribution in [-0.4, -0.2) is 43.7 Å². The Morgan fingerprint density at radius 2 is 1.00 bits per heavy atom. The van der Waals surface area contributed by atoms with E-state index in [1.54, 1.807) is 34.1 Å². The maximum absolute atomic E-state index is 16.4. The number of rotatable bonds is 8. The number of hydrogen-bond acceptors (Lipinski definition) is 4. The van der Waals surface area contributed by atoms with Gasteiger partial charge in [0, 0.05) is 66.7 Å². The average Bonchev–Trinajstić information content (AvgIpc) is 3.00. The smallest absolute Gasteiger partial charge is 0.259 e. The lowest BCUT2D eigenvalue weighted by molar-refractivity contribution is 0.0799. The van der Waals surface area contributed by atoms with E-state index in [0.717, 1.165) is 38.5 Å². The quantitative estimate of drug-likeness (QED) is 0.0978. The molecule has 7 rings (SSSR count). The van der Waals surface area contributed by atoms with E-state index in [2.05, 4.69) is 13.8 Å². The predicted octanol–water partition coefficient (Wildman–Crippen LogP) is 9.44. The fourth-order valence-electron chi connectivity index (χ4n) is 7.46. The number of unbranched alkanes of at least 4 members (excludes halogenated alkanes) is 2. The largest absolute Gasteiger partial charge is 0.296 e. The second-order valence-corrected chi connectivity index (χ2v) is 13.1. The van der Waals surface area contributed by atoms with Crippen molar-refractivity contribution in [1.82, 2.24) is 9.80 Å². The van der Waals surface area contributed by atoms with E-state index >= 15 is 8.78 Å². The van der Waals surface area contributed by atoms with Crippen molar-refractivity contribution < 1.29 is 18.4 Å². The van der Waals surface area contributed by atoms with Gasteiger partial charge in [-0.2, -0.15) is 0 Å². The molecule has 2 aliphatic rings. The maximum Gasteiger partial charge on any atom is 0.259 e. The first-order valence-corrected chi connectivity index (χ1v) is 16.3. The highest BCUT2D eigenvalue weighted by Crippen LogP contribution is 2.48. The van der Waals surface area contributed by atoms with E-state index in [-0.39, 0.29) is 34.7 Å². The molecular weight excluding hydrogens is 595 g/mol. The zero-order chi connectivity index (χ0) is 31.2. The summed E-state index contributed by atoms with van der Waals surface area (Å²) in [5.74, 6) is -1.45. The molecule has 8 heteroatoms. The number of thiocarbonyl (C=S) groups is 2. The van der Waals surface area contributed by atoms with Crippen molar-refractivity contribution in [1.29, 1.82) is 0 Å². The highest BCUT2D eigenvalue weighted by Gasteiger charge is 2.38. The van der Waals surface area contributed by atoms with Crippen LogP contribution in [-0.2, 0) is 0 Å². The van der Waals surface area contributed by atoms with E-state index in [1.165, 1.54) is 12.1 Å². The molecule has 0 spiro atoms. The molecule has 2 unspecified atom stereocenters. The maximum atomic E-state index is 16.4. The predicted molar refractivity (Wildman–Crippen MR) is 181 cm³/mol. The van der Waals surface area contributed by atoms with Crippen molar-refractivity contribution in [3.05, 3.63) is 70.3 Å². The third-order valence-electron chi connectivity index (χ3n) is 9.64. The fraction of sp³-hybridized carbons (Fsp3) is 0.333. The van der Waals surface area contributed by atoms with Gasteiger partial charge in [-0.25, -0.2) is 8.78 Å². The van der Waals surface area contributed by atoms with Gasteiger partial charge in [0.1, 0.15) is 21.6 Å². The molecule has 0 aromatic heterocycles. The van der Waals surface area contributed by atoms with Crippen LogP contribution in [0.4, 0.5) is 8.78 Å². The molecule has 2 amide bonds. The minimum absolute atomic E-state index is 0.145. The van der Waals surface area contributed by atoms with Crippen LogP contribution in [0.15, 0.2) is 36.4 Å². The molecule has 2 heterocycles. The SMILES string of the molecule is CCCCC(C)N1C(=O)c2ccc3c4c(F)cc5c6c(ccc(c7c(F)cc(c2c37)C1=S)c64)C(=O)N(C(C)CCCC)C5=S. The van der Waals surface area contributed by atoms with Gasteiger partial charge in [-0.05, 0) is 61.7 Å². The first-order valence-electron chi connectivity index (χ1n) is 15.5. The number of carbonyl (C=O) groups is 2.